The Morgan fingerprint density at radius 2 is 1.84 bits per heavy atom. The van der Waals surface area contributed by atoms with Crippen LogP contribution in [0.1, 0.15) is 29.9 Å². The minimum atomic E-state index is -0.314. The summed E-state index contributed by atoms with van der Waals surface area (Å²) in [6.45, 7) is 5.39. The molecule has 0 bridgehead atoms. The molecule has 2 rings (SSSR count). The van der Waals surface area contributed by atoms with Gasteiger partial charge in [0.15, 0.2) is 5.78 Å². The van der Waals surface area contributed by atoms with Crippen LogP contribution in [0.5, 0.6) is 0 Å². The van der Waals surface area contributed by atoms with E-state index in [0.717, 1.165) is 5.57 Å². The summed E-state index contributed by atoms with van der Waals surface area (Å²) in [6.07, 6.45) is 1.48. The maximum absolute atomic E-state index is 12.3. The molecule has 4 nitrogen and oxygen atoms in total. The van der Waals surface area contributed by atoms with E-state index < -0.39 is 0 Å². The highest BCUT2D eigenvalue weighted by atomic mass is 16.2. The smallest absolute Gasteiger partial charge is 0.282 e. The van der Waals surface area contributed by atoms with Crippen LogP contribution in [0.25, 0.3) is 5.69 Å². The van der Waals surface area contributed by atoms with Gasteiger partial charge in [-0.3, -0.25) is 14.7 Å². The van der Waals surface area contributed by atoms with Crippen molar-refractivity contribution in [3.05, 3.63) is 63.6 Å². The molecular weight excluding hydrogens is 240 g/mol. The summed E-state index contributed by atoms with van der Waals surface area (Å²) in [7, 11) is 0. The molecule has 98 valence electrons. The van der Waals surface area contributed by atoms with E-state index in [0.29, 0.717) is 11.4 Å². The summed E-state index contributed by atoms with van der Waals surface area (Å²) in [6, 6.07) is 9.18. The number of aromatic amines is 1. The number of nitrogens with one attached hydrogen (secondary N) is 1. The van der Waals surface area contributed by atoms with Gasteiger partial charge in [0.1, 0.15) is 5.56 Å². The first-order valence-corrected chi connectivity index (χ1v) is 6.07. The molecule has 0 aliphatic carbocycles. The molecule has 0 fully saturated rings. The Morgan fingerprint density at radius 3 is 2.42 bits per heavy atom. The molecule has 0 saturated heterocycles. The second-order valence-electron chi connectivity index (χ2n) is 4.67. The first kappa shape index (κ1) is 13.1. The van der Waals surface area contributed by atoms with E-state index in [1.165, 1.54) is 10.8 Å². The van der Waals surface area contributed by atoms with Crippen molar-refractivity contribution >= 4 is 5.78 Å². The molecule has 0 aliphatic heterocycles. The highest BCUT2D eigenvalue weighted by Gasteiger charge is 2.17. The van der Waals surface area contributed by atoms with Crippen LogP contribution < -0.4 is 5.56 Å². The van der Waals surface area contributed by atoms with Crippen molar-refractivity contribution in [2.24, 2.45) is 0 Å². The summed E-state index contributed by atoms with van der Waals surface area (Å²) in [5.41, 5.74) is 2.05. The zero-order valence-electron chi connectivity index (χ0n) is 11.2. The van der Waals surface area contributed by atoms with Crippen LogP contribution in [0.2, 0.25) is 0 Å². The number of para-hydroxylation sites is 1. The number of hydrogen-bond donors (Lipinski definition) is 1. The molecule has 0 spiro atoms. The van der Waals surface area contributed by atoms with Gasteiger partial charge < -0.3 is 0 Å². The number of ketones is 1. The molecule has 1 aromatic carbocycles. The van der Waals surface area contributed by atoms with E-state index in [1.54, 1.807) is 6.92 Å². The minimum absolute atomic E-state index is 0.199. The number of nitrogens with zero attached hydrogens (tertiary/aromatic N) is 1. The standard InChI is InChI=1S/C15H16N2O2/c1-10(2)9-13(18)14-11(3)16-17(15(14)19)12-7-5-4-6-8-12/h4-9,16H,1-3H3. The SMILES string of the molecule is CC(C)=CC(=O)c1c(C)[nH]n(-c2ccccc2)c1=O. The van der Waals surface area contributed by atoms with E-state index in [2.05, 4.69) is 5.10 Å². The summed E-state index contributed by atoms with van der Waals surface area (Å²) in [5, 5.41) is 2.94. The maximum Gasteiger partial charge on any atom is 0.282 e. The molecule has 0 radical (unpaired) electrons. The third-order valence-electron chi connectivity index (χ3n) is 2.75. The normalized spacial score (nSPS) is 10.3. The van der Waals surface area contributed by atoms with Crippen LogP contribution in [0.15, 0.2) is 46.8 Å². The predicted molar refractivity (Wildman–Crippen MR) is 74.9 cm³/mol. The fourth-order valence-electron chi connectivity index (χ4n) is 1.93. The van der Waals surface area contributed by atoms with E-state index in [-0.39, 0.29) is 16.9 Å². The second-order valence-corrected chi connectivity index (χ2v) is 4.67. The van der Waals surface area contributed by atoms with Gasteiger partial charge in [-0.2, -0.15) is 0 Å². The lowest BCUT2D eigenvalue weighted by molar-refractivity contribution is 0.104. The van der Waals surface area contributed by atoms with Crippen molar-refractivity contribution < 1.29 is 4.79 Å². The van der Waals surface area contributed by atoms with Crippen LogP contribution in [0.4, 0.5) is 0 Å². The molecule has 1 aromatic heterocycles. The minimum Gasteiger partial charge on any atom is -0.295 e. The second kappa shape index (κ2) is 5.10. The lowest BCUT2D eigenvalue weighted by Crippen LogP contribution is -2.19. The van der Waals surface area contributed by atoms with Crippen molar-refractivity contribution in [2.45, 2.75) is 20.8 Å². The average molecular weight is 256 g/mol. The van der Waals surface area contributed by atoms with Gasteiger partial charge >= 0.3 is 0 Å². The predicted octanol–water partition coefficient (Wildman–Crippen LogP) is 2.62. The molecule has 0 saturated carbocycles. The van der Waals surface area contributed by atoms with E-state index >= 15 is 0 Å². The summed E-state index contributed by atoms with van der Waals surface area (Å²) in [5.74, 6) is -0.256. The molecule has 4 heteroatoms. The fraction of sp³-hybridized carbons (Fsp3) is 0.200. The van der Waals surface area contributed by atoms with Crippen LogP contribution >= 0.6 is 0 Å². The Balaban J connectivity index is 2.56. The van der Waals surface area contributed by atoms with Gasteiger partial charge in [-0.05, 0) is 39.0 Å². The van der Waals surface area contributed by atoms with Gasteiger partial charge in [-0.15, -0.1) is 0 Å². The topological polar surface area (TPSA) is 54.9 Å². The third-order valence-corrected chi connectivity index (χ3v) is 2.75. The number of aryl methyl sites for hydroxylation is 1. The van der Waals surface area contributed by atoms with E-state index in [4.69, 9.17) is 0 Å². The molecule has 19 heavy (non-hydrogen) atoms. The number of carbonyl (C=O) groups excluding carboxylic acids is 1. The Bertz CT molecular complexity index is 687. The molecule has 0 atom stereocenters. The average Bonchev–Trinajstić information content (AvgIpc) is 2.65. The summed E-state index contributed by atoms with van der Waals surface area (Å²) < 4.78 is 1.39. The Hall–Kier alpha value is -2.36. The Kier molecular flexibility index (Phi) is 3.51. The van der Waals surface area contributed by atoms with Crippen molar-refractivity contribution in [3.63, 3.8) is 0 Å². The molecule has 0 amide bonds. The lowest BCUT2D eigenvalue weighted by atomic mass is 10.1. The number of hydrogen-bond acceptors (Lipinski definition) is 2. The number of benzene rings is 1. The summed E-state index contributed by atoms with van der Waals surface area (Å²) >= 11 is 0. The van der Waals surface area contributed by atoms with Crippen LogP contribution in [-0.4, -0.2) is 15.6 Å². The van der Waals surface area contributed by atoms with Gasteiger partial charge in [0.25, 0.3) is 5.56 Å². The summed E-state index contributed by atoms with van der Waals surface area (Å²) in [4.78, 5) is 24.3. The first-order chi connectivity index (χ1) is 9.00. The van der Waals surface area contributed by atoms with Crippen LogP contribution in [0, 0.1) is 6.92 Å². The monoisotopic (exact) mass is 256 g/mol. The molecule has 1 heterocycles. The van der Waals surface area contributed by atoms with E-state index in [1.807, 2.05) is 44.2 Å². The van der Waals surface area contributed by atoms with Gasteiger partial charge in [0.2, 0.25) is 0 Å². The quantitative estimate of drug-likeness (QED) is 0.678. The molecular formula is C15H16N2O2. The fourth-order valence-corrected chi connectivity index (χ4v) is 1.93. The number of H-pyrrole nitrogens is 1. The van der Waals surface area contributed by atoms with E-state index in [9.17, 15) is 9.59 Å². The zero-order chi connectivity index (χ0) is 14.0. The Labute approximate surface area is 111 Å². The van der Waals surface area contributed by atoms with Crippen molar-refractivity contribution in [2.75, 3.05) is 0 Å². The van der Waals surface area contributed by atoms with Crippen molar-refractivity contribution in [1.29, 1.82) is 0 Å². The number of rotatable bonds is 3. The number of allylic oxidation sites excluding steroid dienone is 2. The highest BCUT2D eigenvalue weighted by molar-refractivity contribution is 6.05. The van der Waals surface area contributed by atoms with Crippen LogP contribution in [-0.2, 0) is 0 Å². The van der Waals surface area contributed by atoms with Crippen LogP contribution in [0.3, 0.4) is 0 Å². The molecule has 0 unspecified atom stereocenters. The highest BCUT2D eigenvalue weighted by Crippen LogP contribution is 2.08. The Morgan fingerprint density at radius 1 is 1.21 bits per heavy atom. The number of carbonyl (C=O) groups is 1. The molecule has 1 N–H and O–H groups in total. The largest absolute Gasteiger partial charge is 0.295 e. The van der Waals surface area contributed by atoms with Gasteiger partial charge in [-0.25, -0.2) is 4.68 Å². The van der Waals surface area contributed by atoms with Gasteiger partial charge in [0.05, 0.1) is 5.69 Å². The first-order valence-electron chi connectivity index (χ1n) is 6.07. The van der Waals surface area contributed by atoms with Gasteiger partial charge in [0, 0.05) is 5.69 Å². The molecule has 2 aromatic rings. The van der Waals surface area contributed by atoms with Crippen molar-refractivity contribution in [1.82, 2.24) is 9.78 Å². The lowest BCUT2D eigenvalue weighted by Gasteiger charge is -1.99. The zero-order valence-corrected chi connectivity index (χ0v) is 11.2. The molecule has 0 aliphatic rings. The van der Waals surface area contributed by atoms with Gasteiger partial charge in [-0.1, -0.05) is 23.8 Å². The maximum atomic E-state index is 12.3. The third kappa shape index (κ3) is 2.57. The van der Waals surface area contributed by atoms with Crippen molar-refractivity contribution in [3.8, 4) is 5.69 Å². The number of aromatic nitrogens is 2.